The van der Waals surface area contributed by atoms with E-state index in [0.29, 0.717) is 30.9 Å². The Labute approximate surface area is 176 Å². The predicted octanol–water partition coefficient (Wildman–Crippen LogP) is 2.29. The molecule has 0 saturated heterocycles. The number of hydrogen-bond acceptors (Lipinski definition) is 5. The fourth-order valence-electron chi connectivity index (χ4n) is 2.90. The van der Waals surface area contributed by atoms with Crippen LogP contribution in [0.1, 0.15) is 6.42 Å². The molecule has 1 heterocycles. The lowest BCUT2D eigenvalue weighted by Gasteiger charge is -2.24. The smallest absolute Gasteiger partial charge is 0.264 e. The van der Waals surface area contributed by atoms with Gasteiger partial charge in [0.15, 0.2) is 0 Å². The van der Waals surface area contributed by atoms with Gasteiger partial charge in [0.25, 0.3) is 10.0 Å². The number of rotatable bonds is 10. The standard InChI is InChI=1S/C21H24N4O4S/c1-29-19-8-5-7-18(15-19)25(30(27,28)20-9-3-2-4-10-20)16-21(26)23-11-6-13-24-14-12-22-17-24/h2-5,7-10,12,14-15,17H,6,11,13,16H2,1H3,(H,23,26). The minimum atomic E-state index is -3.94. The molecule has 8 nitrogen and oxygen atoms in total. The van der Waals surface area contributed by atoms with Gasteiger partial charge >= 0.3 is 0 Å². The Morgan fingerprint density at radius 2 is 1.97 bits per heavy atom. The molecule has 0 saturated carbocycles. The zero-order chi connectivity index (χ0) is 21.4. The molecule has 0 unspecified atom stereocenters. The van der Waals surface area contributed by atoms with E-state index < -0.39 is 10.0 Å². The normalized spacial score (nSPS) is 11.1. The molecule has 9 heteroatoms. The van der Waals surface area contributed by atoms with Crippen LogP contribution in [0.15, 0.2) is 78.2 Å². The van der Waals surface area contributed by atoms with Crippen LogP contribution in [0.25, 0.3) is 0 Å². The fourth-order valence-corrected chi connectivity index (χ4v) is 4.33. The number of aryl methyl sites for hydroxylation is 1. The summed E-state index contributed by atoms with van der Waals surface area (Å²) >= 11 is 0. The summed E-state index contributed by atoms with van der Waals surface area (Å²) in [7, 11) is -2.43. The summed E-state index contributed by atoms with van der Waals surface area (Å²) in [5.74, 6) is 0.115. The number of carbonyl (C=O) groups excluding carboxylic acids is 1. The maximum atomic E-state index is 13.2. The highest BCUT2D eigenvalue weighted by Gasteiger charge is 2.27. The number of carbonyl (C=O) groups is 1. The van der Waals surface area contributed by atoms with Crippen LogP contribution < -0.4 is 14.4 Å². The van der Waals surface area contributed by atoms with Crippen LogP contribution in [-0.4, -0.2) is 44.1 Å². The minimum absolute atomic E-state index is 0.112. The fraction of sp³-hybridized carbons (Fsp3) is 0.238. The number of aromatic nitrogens is 2. The molecule has 0 aliphatic heterocycles. The van der Waals surface area contributed by atoms with E-state index in [9.17, 15) is 13.2 Å². The first-order valence-corrected chi connectivity index (χ1v) is 10.9. The van der Waals surface area contributed by atoms with E-state index in [2.05, 4.69) is 10.3 Å². The van der Waals surface area contributed by atoms with E-state index >= 15 is 0 Å². The van der Waals surface area contributed by atoms with Crippen molar-refractivity contribution in [2.24, 2.45) is 0 Å². The van der Waals surface area contributed by atoms with E-state index in [-0.39, 0.29) is 17.3 Å². The summed E-state index contributed by atoms with van der Waals surface area (Å²) in [6.45, 7) is 0.798. The Morgan fingerprint density at radius 3 is 2.67 bits per heavy atom. The van der Waals surface area contributed by atoms with Gasteiger partial charge in [-0.25, -0.2) is 13.4 Å². The second kappa shape index (κ2) is 9.93. The maximum Gasteiger partial charge on any atom is 0.264 e. The van der Waals surface area contributed by atoms with Gasteiger partial charge in [-0.1, -0.05) is 24.3 Å². The van der Waals surface area contributed by atoms with Gasteiger partial charge in [-0.05, 0) is 30.7 Å². The van der Waals surface area contributed by atoms with Crippen molar-refractivity contribution in [3.05, 3.63) is 73.3 Å². The predicted molar refractivity (Wildman–Crippen MR) is 114 cm³/mol. The molecule has 3 aromatic rings. The second-order valence-corrected chi connectivity index (χ2v) is 8.39. The summed E-state index contributed by atoms with van der Waals surface area (Å²) < 4.78 is 34.7. The van der Waals surface area contributed by atoms with E-state index in [0.717, 1.165) is 4.31 Å². The van der Waals surface area contributed by atoms with Crippen molar-refractivity contribution in [2.45, 2.75) is 17.9 Å². The number of methoxy groups -OCH3 is 1. The van der Waals surface area contributed by atoms with Crippen molar-refractivity contribution in [3.8, 4) is 5.75 Å². The summed E-state index contributed by atoms with van der Waals surface area (Å²) in [6.07, 6.45) is 5.95. The molecule has 0 bridgehead atoms. The van der Waals surface area contributed by atoms with E-state index in [1.165, 1.54) is 19.2 Å². The molecule has 0 aliphatic carbocycles. The number of sulfonamides is 1. The van der Waals surface area contributed by atoms with Gasteiger partial charge in [-0.15, -0.1) is 0 Å². The SMILES string of the molecule is COc1cccc(N(CC(=O)NCCCn2ccnc2)S(=O)(=O)c2ccccc2)c1. The van der Waals surface area contributed by atoms with Crippen LogP contribution in [0, 0.1) is 0 Å². The van der Waals surface area contributed by atoms with E-state index in [1.807, 2.05) is 10.8 Å². The van der Waals surface area contributed by atoms with Crippen LogP contribution >= 0.6 is 0 Å². The number of benzene rings is 2. The number of hydrogen-bond donors (Lipinski definition) is 1. The monoisotopic (exact) mass is 428 g/mol. The Bertz CT molecular complexity index is 1050. The van der Waals surface area contributed by atoms with E-state index in [1.54, 1.807) is 55.0 Å². The van der Waals surface area contributed by atoms with Gasteiger partial charge in [0, 0.05) is 31.5 Å². The molecule has 2 aromatic carbocycles. The Hall–Kier alpha value is -3.33. The van der Waals surface area contributed by atoms with E-state index in [4.69, 9.17) is 4.74 Å². The molecule has 158 valence electrons. The molecule has 0 atom stereocenters. The highest BCUT2D eigenvalue weighted by Crippen LogP contribution is 2.26. The first kappa shape index (κ1) is 21.4. The summed E-state index contributed by atoms with van der Waals surface area (Å²) in [4.78, 5) is 16.6. The quantitative estimate of drug-likeness (QED) is 0.500. The van der Waals surface area contributed by atoms with Gasteiger partial charge in [-0.2, -0.15) is 0 Å². The highest BCUT2D eigenvalue weighted by atomic mass is 32.2. The van der Waals surface area contributed by atoms with Crippen LogP contribution in [-0.2, 0) is 21.4 Å². The second-order valence-electron chi connectivity index (χ2n) is 6.53. The Kier molecular flexibility index (Phi) is 7.08. The minimum Gasteiger partial charge on any atom is -0.497 e. The molecule has 1 aromatic heterocycles. The molecule has 1 amide bonds. The topological polar surface area (TPSA) is 93.5 Å². The maximum absolute atomic E-state index is 13.2. The molecule has 1 N–H and O–H groups in total. The number of imidazole rings is 1. The molecule has 0 fully saturated rings. The Balaban J connectivity index is 1.74. The number of anilines is 1. The Morgan fingerprint density at radius 1 is 1.17 bits per heavy atom. The first-order chi connectivity index (χ1) is 14.5. The third-order valence-corrected chi connectivity index (χ3v) is 6.22. The first-order valence-electron chi connectivity index (χ1n) is 9.45. The zero-order valence-corrected chi connectivity index (χ0v) is 17.5. The lowest BCUT2D eigenvalue weighted by atomic mass is 10.3. The van der Waals surface area contributed by atoms with Crippen molar-refractivity contribution in [3.63, 3.8) is 0 Å². The lowest BCUT2D eigenvalue weighted by Crippen LogP contribution is -2.41. The summed E-state index contributed by atoms with van der Waals surface area (Å²) in [5.41, 5.74) is 0.353. The summed E-state index contributed by atoms with van der Waals surface area (Å²) in [6, 6.07) is 14.7. The average Bonchev–Trinajstić information content (AvgIpc) is 3.29. The van der Waals surface area contributed by atoms with Crippen LogP contribution in [0.5, 0.6) is 5.75 Å². The van der Waals surface area contributed by atoms with Gasteiger partial charge in [-0.3, -0.25) is 9.10 Å². The molecule has 0 radical (unpaired) electrons. The number of amides is 1. The van der Waals surface area contributed by atoms with Gasteiger partial charge in [0.2, 0.25) is 5.91 Å². The zero-order valence-electron chi connectivity index (χ0n) is 16.6. The molecular weight excluding hydrogens is 404 g/mol. The number of nitrogens with zero attached hydrogens (tertiary/aromatic N) is 3. The average molecular weight is 429 g/mol. The molecule has 0 aliphatic rings. The third kappa shape index (κ3) is 5.38. The molecular formula is C21H24N4O4S. The van der Waals surface area contributed by atoms with Crippen molar-refractivity contribution < 1.29 is 17.9 Å². The van der Waals surface area contributed by atoms with Crippen molar-refractivity contribution >= 4 is 21.6 Å². The van der Waals surface area contributed by atoms with Crippen LogP contribution in [0.3, 0.4) is 0 Å². The summed E-state index contributed by atoms with van der Waals surface area (Å²) in [5, 5.41) is 2.79. The molecule has 30 heavy (non-hydrogen) atoms. The molecule has 0 spiro atoms. The number of ether oxygens (including phenoxy) is 1. The van der Waals surface area contributed by atoms with Crippen molar-refractivity contribution in [2.75, 3.05) is 24.5 Å². The van der Waals surface area contributed by atoms with Gasteiger partial charge in [0.1, 0.15) is 12.3 Å². The third-order valence-electron chi connectivity index (χ3n) is 4.43. The van der Waals surface area contributed by atoms with Crippen LogP contribution in [0.2, 0.25) is 0 Å². The largest absolute Gasteiger partial charge is 0.497 e. The van der Waals surface area contributed by atoms with Crippen LogP contribution in [0.4, 0.5) is 5.69 Å². The highest BCUT2D eigenvalue weighted by molar-refractivity contribution is 7.92. The lowest BCUT2D eigenvalue weighted by molar-refractivity contribution is -0.119. The number of nitrogens with one attached hydrogen (secondary N) is 1. The molecule has 3 rings (SSSR count). The van der Waals surface area contributed by atoms with Crippen molar-refractivity contribution in [1.82, 2.24) is 14.9 Å². The van der Waals surface area contributed by atoms with Crippen molar-refractivity contribution in [1.29, 1.82) is 0 Å². The van der Waals surface area contributed by atoms with Gasteiger partial charge in [0.05, 0.1) is 24.0 Å². The van der Waals surface area contributed by atoms with Gasteiger partial charge < -0.3 is 14.6 Å².